The minimum Gasteiger partial charge on any atom is -0.383 e. The van der Waals surface area contributed by atoms with E-state index < -0.39 is 0 Å². The molecule has 0 radical (unpaired) electrons. The lowest BCUT2D eigenvalue weighted by molar-refractivity contribution is 0.150. The number of hydrogen-bond acceptors (Lipinski definition) is 3. The minimum atomic E-state index is 0.427. The molecule has 1 aliphatic heterocycles. The zero-order valence-corrected chi connectivity index (χ0v) is 7.16. The van der Waals surface area contributed by atoms with Crippen molar-refractivity contribution in [3.8, 4) is 0 Å². The van der Waals surface area contributed by atoms with Crippen molar-refractivity contribution < 1.29 is 4.74 Å². The molecule has 1 aromatic rings. The summed E-state index contributed by atoms with van der Waals surface area (Å²) in [6, 6.07) is 0.427. The first kappa shape index (κ1) is 7.76. The second kappa shape index (κ2) is 3.25. The van der Waals surface area contributed by atoms with Crippen molar-refractivity contribution >= 4 is 0 Å². The van der Waals surface area contributed by atoms with Crippen LogP contribution < -0.4 is 5.32 Å². The van der Waals surface area contributed by atoms with Crippen LogP contribution in [0.4, 0.5) is 0 Å². The second-order valence-corrected chi connectivity index (χ2v) is 3.03. The third-order valence-corrected chi connectivity index (χ3v) is 2.14. The molecule has 66 valence electrons. The lowest BCUT2D eigenvalue weighted by atomic mass is 10.2. The summed E-state index contributed by atoms with van der Waals surface area (Å²) in [5, 5.41) is 3.35. The number of methoxy groups -OCH3 is 1. The third kappa shape index (κ3) is 1.35. The fraction of sp³-hybridized carbons (Fsp3) is 0.625. The van der Waals surface area contributed by atoms with Gasteiger partial charge in [-0.1, -0.05) is 0 Å². The monoisotopic (exact) mass is 167 g/mol. The Labute approximate surface area is 71.6 Å². The van der Waals surface area contributed by atoms with Crippen molar-refractivity contribution in [3.63, 3.8) is 0 Å². The highest BCUT2D eigenvalue weighted by Crippen LogP contribution is 2.06. The SMILES string of the molecule is COC[C@H]1Cn2ccnc2CN1. The Kier molecular flexibility index (Phi) is 2.10. The predicted molar refractivity (Wildman–Crippen MR) is 44.7 cm³/mol. The molecule has 0 bridgehead atoms. The standard InChI is InChI=1S/C8H13N3O/c1-12-6-7-5-11-3-2-9-8(11)4-10-7/h2-3,7,10H,4-6H2,1H3/t7-/m1/s1. The molecule has 0 unspecified atom stereocenters. The summed E-state index contributed by atoms with van der Waals surface area (Å²) in [5.41, 5.74) is 0. The molecule has 0 spiro atoms. The van der Waals surface area contributed by atoms with Crippen LogP contribution in [0.25, 0.3) is 0 Å². The summed E-state index contributed by atoms with van der Waals surface area (Å²) in [4.78, 5) is 4.21. The van der Waals surface area contributed by atoms with Crippen LogP contribution >= 0.6 is 0 Å². The number of aromatic nitrogens is 2. The van der Waals surface area contributed by atoms with Crippen LogP contribution in [0.15, 0.2) is 12.4 Å². The number of nitrogens with one attached hydrogen (secondary N) is 1. The number of imidazole rings is 1. The topological polar surface area (TPSA) is 39.1 Å². The van der Waals surface area contributed by atoms with Gasteiger partial charge in [-0.25, -0.2) is 4.98 Å². The molecule has 1 aliphatic rings. The molecule has 1 atom stereocenters. The highest BCUT2D eigenvalue weighted by molar-refractivity contribution is 4.96. The molecule has 4 nitrogen and oxygen atoms in total. The summed E-state index contributed by atoms with van der Waals surface area (Å²) in [7, 11) is 1.73. The Morgan fingerprint density at radius 1 is 1.83 bits per heavy atom. The zero-order valence-electron chi connectivity index (χ0n) is 7.16. The maximum absolute atomic E-state index is 5.08. The van der Waals surface area contributed by atoms with Crippen molar-refractivity contribution in [1.82, 2.24) is 14.9 Å². The second-order valence-electron chi connectivity index (χ2n) is 3.03. The molecule has 0 fully saturated rings. The van der Waals surface area contributed by atoms with Gasteiger partial charge in [0.1, 0.15) is 5.82 Å². The van der Waals surface area contributed by atoms with Gasteiger partial charge in [0.2, 0.25) is 0 Å². The van der Waals surface area contributed by atoms with Crippen molar-refractivity contribution in [1.29, 1.82) is 0 Å². The molecule has 2 rings (SSSR count). The average molecular weight is 167 g/mol. The lowest BCUT2D eigenvalue weighted by Crippen LogP contribution is -2.41. The predicted octanol–water partition coefficient (Wildman–Crippen LogP) is 0.00130. The van der Waals surface area contributed by atoms with Gasteiger partial charge in [0, 0.05) is 32.1 Å². The number of hydrogen-bond donors (Lipinski definition) is 1. The zero-order chi connectivity index (χ0) is 8.39. The average Bonchev–Trinajstić information content (AvgIpc) is 2.51. The van der Waals surface area contributed by atoms with Gasteiger partial charge in [-0.05, 0) is 0 Å². The fourth-order valence-corrected chi connectivity index (χ4v) is 1.52. The van der Waals surface area contributed by atoms with E-state index in [1.165, 1.54) is 0 Å². The van der Waals surface area contributed by atoms with Gasteiger partial charge in [0.15, 0.2) is 0 Å². The quantitative estimate of drug-likeness (QED) is 0.674. The summed E-state index contributed by atoms with van der Waals surface area (Å²) in [6.45, 7) is 2.57. The van der Waals surface area contributed by atoms with Gasteiger partial charge in [0.25, 0.3) is 0 Å². The molecule has 1 aromatic heterocycles. The summed E-state index contributed by atoms with van der Waals surface area (Å²) >= 11 is 0. The van der Waals surface area contributed by atoms with Crippen molar-refractivity contribution in [3.05, 3.63) is 18.2 Å². The normalized spacial score (nSPS) is 22.2. The Morgan fingerprint density at radius 2 is 2.75 bits per heavy atom. The van der Waals surface area contributed by atoms with Crippen LogP contribution in [-0.2, 0) is 17.8 Å². The molecule has 0 amide bonds. The first-order chi connectivity index (χ1) is 5.90. The number of fused-ring (bicyclic) bond motifs is 1. The van der Waals surface area contributed by atoms with Crippen LogP contribution in [0.1, 0.15) is 5.82 Å². The Balaban J connectivity index is 2.05. The molecule has 0 aromatic carbocycles. The maximum Gasteiger partial charge on any atom is 0.122 e. The summed E-state index contributed by atoms with van der Waals surface area (Å²) in [5.74, 6) is 1.11. The van der Waals surface area contributed by atoms with E-state index in [0.29, 0.717) is 6.04 Å². The van der Waals surface area contributed by atoms with E-state index in [-0.39, 0.29) is 0 Å². The smallest absolute Gasteiger partial charge is 0.122 e. The molecule has 12 heavy (non-hydrogen) atoms. The van der Waals surface area contributed by atoms with Crippen LogP contribution in [0, 0.1) is 0 Å². The Morgan fingerprint density at radius 3 is 3.58 bits per heavy atom. The van der Waals surface area contributed by atoms with Gasteiger partial charge in [-0.2, -0.15) is 0 Å². The number of nitrogens with zero attached hydrogens (tertiary/aromatic N) is 2. The summed E-state index contributed by atoms with van der Waals surface area (Å²) < 4.78 is 7.24. The minimum absolute atomic E-state index is 0.427. The highest BCUT2D eigenvalue weighted by atomic mass is 16.5. The molecule has 4 heteroatoms. The van der Waals surface area contributed by atoms with E-state index in [1.807, 2.05) is 12.4 Å². The van der Waals surface area contributed by atoms with E-state index in [1.54, 1.807) is 7.11 Å². The van der Waals surface area contributed by atoms with Crippen LogP contribution in [0.3, 0.4) is 0 Å². The maximum atomic E-state index is 5.08. The molecule has 0 saturated carbocycles. The third-order valence-electron chi connectivity index (χ3n) is 2.14. The van der Waals surface area contributed by atoms with Crippen LogP contribution in [0.5, 0.6) is 0 Å². The van der Waals surface area contributed by atoms with Gasteiger partial charge in [0.05, 0.1) is 13.2 Å². The van der Waals surface area contributed by atoms with Crippen LogP contribution in [0.2, 0.25) is 0 Å². The highest BCUT2D eigenvalue weighted by Gasteiger charge is 2.16. The van der Waals surface area contributed by atoms with Crippen molar-refractivity contribution in [2.75, 3.05) is 13.7 Å². The molecular weight excluding hydrogens is 154 g/mol. The van der Waals surface area contributed by atoms with Crippen molar-refractivity contribution in [2.45, 2.75) is 19.1 Å². The largest absolute Gasteiger partial charge is 0.383 e. The Hall–Kier alpha value is -0.870. The van der Waals surface area contributed by atoms with E-state index in [9.17, 15) is 0 Å². The van der Waals surface area contributed by atoms with E-state index in [2.05, 4.69) is 14.9 Å². The van der Waals surface area contributed by atoms with Crippen LogP contribution in [-0.4, -0.2) is 29.3 Å². The Bertz CT molecular complexity index is 259. The van der Waals surface area contributed by atoms with Gasteiger partial charge < -0.3 is 14.6 Å². The van der Waals surface area contributed by atoms with Gasteiger partial charge in [-0.15, -0.1) is 0 Å². The lowest BCUT2D eigenvalue weighted by Gasteiger charge is -2.24. The molecule has 0 aliphatic carbocycles. The van der Waals surface area contributed by atoms with E-state index in [0.717, 1.165) is 25.5 Å². The van der Waals surface area contributed by atoms with Gasteiger partial charge >= 0.3 is 0 Å². The summed E-state index contributed by atoms with van der Waals surface area (Å²) in [6.07, 6.45) is 3.85. The molecule has 2 heterocycles. The van der Waals surface area contributed by atoms with Crippen molar-refractivity contribution in [2.24, 2.45) is 0 Å². The molecule has 1 N–H and O–H groups in total. The first-order valence-corrected chi connectivity index (χ1v) is 4.12. The molecular formula is C8H13N3O. The number of rotatable bonds is 2. The van der Waals surface area contributed by atoms with Gasteiger partial charge in [-0.3, -0.25) is 0 Å². The van der Waals surface area contributed by atoms with E-state index >= 15 is 0 Å². The number of ether oxygens (including phenoxy) is 1. The first-order valence-electron chi connectivity index (χ1n) is 4.12. The molecule has 0 saturated heterocycles. The fourth-order valence-electron chi connectivity index (χ4n) is 1.52. The van der Waals surface area contributed by atoms with E-state index in [4.69, 9.17) is 4.74 Å².